The second kappa shape index (κ2) is 5.10. The molecule has 0 aliphatic carbocycles. The lowest BCUT2D eigenvalue weighted by atomic mass is 10.0. The third-order valence-electron chi connectivity index (χ3n) is 3.55. The van der Waals surface area contributed by atoms with Gasteiger partial charge in [-0.25, -0.2) is 0 Å². The highest BCUT2D eigenvalue weighted by Crippen LogP contribution is 2.27. The van der Waals surface area contributed by atoms with Crippen molar-refractivity contribution in [2.75, 3.05) is 18.0 Å². The zero-order chi connectivity index (χ0) is 13.3. The first-order valence-corrected chi connectivity index (χ1v) is 7.04. The molecule has 1 heterocycles. The van der Waals surface area contributed by atoms with Crippen LogP contribution >= 0.6 is 11.6 Å². The van der Waals surface area contributed by atoms with E-state index in [4.69, 9.17) is 11.6 Å². The molecule has 0 amide bonds. The summed E-state index contributed by atoms with van der Waals surface area (Å²) in [5.74, 6) is 0. The summed E-state index contributed by atoms with van der Waals surface area (Å²) in [4.78, 5) is 2.47. The first-order chi connectivity index (χ1) is 8.37. The first kappa shape index (κ1) is 13.7. The molecule has 0 aromatic heterocycles. The van der Waals surface area contributed by atoms with Crippen LogP contribution in [-0.2, 0) is 0 Å². The molecule has 1 aliphatic rings. The zero-order valence-corrected chi connectivity index (χ0v) is 12.5. The maximum absolute atomic E-state index is 6.04. The fourth-order valence-electron chi connectivity index (χ4n) is 2.87. The van der Waals surface area contributed by atoms with Crippen molar-refractivity contribution in [3.05, 3.63) is 28.8 Å². The number of nitrogens with one attached hydrogen (secondary N) is 1. The number of rotatable bonds is 1. The molecular weight excluding hydrogens is 244 g/mol. The normalized spacial score (nSPS) is 23.8. The topological polar surface area (TPSA) is 15.3 Å². The number of aryl methyl sites for hydroxylation is 1. The van der Waals surface area contributed by atoms with E-state index in [9.17, 15) is 0 Å². The molecule has 18 heavy (non-hydrogen) atoms. The van der Waals surface area contributed by atoms with Crippen LogP contribution in [0, 0.1) is 6.92 Å². The van der Waals surface area contributed by atoms with Gasteiger partial charge in [-0.1, -0.05) is 11.6 Å². The van der Waals surface area contributed by atoms with Gasteiger partial charge in [-0.15, -0.1) is 0 Å². The van der Waals surface area contributed by atoms with E-state index in [2.05, 4.69) is 44.0 Å². The molecule has 2 nitrogen and oxygen atoms in total. The third kappa shape index (κ3) is 3.18. The van der Waals surface area contributed by atoms with E-state index in [0.717, 1.165) is 18.1 Å². The van der Waals surface area contributed by atoms with Crippen molar-refractivity contribution in [1.82, 2.24) is 5.32 Å². The summed E-state index contributed by atoms with van der Waals surface area (Å²) in [7, 11) is 0. The number of halogens is 1. The van der Waals surface area contributed by atoms with Crippen LogP contribution in [0.3, 0.4) is 0 Å². The molecule has 3 heteroatoms. The van der Waals surface area contributed by atoms with Crippen LogP contribution in [0.2, 0.25) is 5.02 Å². The molecule has 1 fully saturated rings. The van der Waals surface area contributed by atoms with E-state index in [1.165, 1.54) is 17.7 Å². The van der Waals surface area contributed by atoms with Gasteiger partial charge in [-0.2, -0.15) is 0 Å². The molecule has 1 aromatic rings. The summed E-state index contributed by atoms with van der Waals surface area (Å²) in [6, 6.07) is 6.74. The molecule has 2 rings (SSSR count). The van der Waals surface area contributed by atoms with Gasteiger partial charge in [-0.05, 0) is 57.9 Å². The second-order valence-corrected chi connectivity index (χ2v) is 6.51. The summed E-state index contributed by atoms with van der Waals surface area (Å²) in [6.45, 7) is 11.1. The highest BCUT2D eigenvalue weighted by Gasteiger charge is 2.27. The van der Waals surface area contributed by atoms with Crippen LogP contribution in [0.25, 0.3) is 0 Å². The van der Waals surface area contributed by atoms with Crippen LogP contribution in [-0.4, -0.2) is 24.7 Å². The van der Waals surface area contributed by atoms with Gasteiger partial charge < -0.3 is 10.2 Å². The van der Waals surface area contributed by atoms with Crippen LogP contribution in [0.4, 0.5) is 5.69 Å². The second-order valence-electron chi connectivity index (χ2n) is 6.07. The summed E-state index contributed by atoms with van der Waals surface area (Å²) in [5, 5.41) is 4.50. The Morgan fingerprint density at radius 3 is 2.78 bits per heavy atom. The van der Waals surface area contributed by atoms with Crippen molar-refractivity contribution in [2.24, 2.45) is 0 Å². The minimum Gasteiger partial charge on any atom is -0.369 e. The molecule has 1 aliphatic heterocycles. The number of anilines is 1. The summed E-state index contributed by atoms with van der Waals surface area (Å²) < 4.78 is 0. The minimum atomic E-state index is 0.141. The first-order valence-electron chi connectivity index (χ1n) is 6.66. The fraction of sp³-hybridized carbons (Fsp3) is 0.600. The number of benzene rings is 1. The van der Waals surface area contributed by atoms with E-state index in [0.29, 0.717) is 6.04 Å². The Morgan fingerprint density at radius 2 is 2.11 bits per heavy atom. The molecule has 1 aromatic carbocycles. The smallest absolute Gasteiger partial charge is 0.0410 e. The third-order valence-corrected chi connectivity index (χ3v) is 3.79. The average Bonchev–Trinajstić information content (AvgIpc) is 2.36. The van der Waals surface area contributed by atoms with Gasteiger partial charge in [0.1, 0.15) is 0 Å². The molecule has 0 radical (unpaired) electrons. The van der Waals surface area contributed by atoms with Gasteiger partial charge in [0.05, 0.1) is 0 Å². The molecule has 0 spiro atoms. The summed E-state index contributed by atoms with van der Waals surface area (Å²) >= 11 is 6.04. The van der Waals surface area contributed by atoms with Crippen molar-refractivity contribution in [2.45, 2.75) is 45.7 Å². The van der Waals surface area contributed by atoms with Crippen LogP contribution in [0.5, 0.6) is 0 Å². The molecule has 0 bridgehead atoms. The van der Waals surface area contributed by atoms with Gasteiger partial charge in [0, 0.05) is 35.4 Å². The molecule has 0 saturated carbocycles. The fourth-order valence-corrected chi connectivity index (χ4v) is 3.10. The molecular formula is C15H23ClN2. The Hall–Kier alpha value is -0.730. The Bertz CT molecular complexity index is 429. The number of hydrogen-bond donors (Lipinski definition) is 1. The van der Waals surface area contributed by atoms with E-state index >= 15 is 0 Å². The molecule has 1 unspecified atom stereocenters. The predicted molar refractivity (Wildman–Crippen MR) is 79.7 cm³/mol. The molecule has 1 atom stereocenters. The van der Waals surface area contributed by atoms with E-state index in [-0.39, 0.29) is 5.54 Å². The Labute approximate surface area is 115 Å². The van der Waals surface area contributed by atoms with Gasteiger partial charge in [-0.3, -0.25) is 0 Å². The van der Waals surface area contributed by atoms with Crippen molar-refractivity contribution >= 4 is 17.3 Å². The lowest BCUT2D eigenvalue weighted by molar-refractivity contribution is 0.368. The highest BCUT2D eigenvalue weighted by molar-refractivity contribution is 6.30. The van der Waals surface area contributed by atoms with Gasteiger partial charge in [0.25, 0.3) is 0 Å². The number of nitrogens with zero attached hydrogens (tertiary/aromatic N) is 1. The lowest BCUT2D eigenvalue weighted by Crippen LogP contribution is -2.48. The lowest BCUT2D eigenvalue weighted by Gasteiger charge is -2.33. The molecule has 100 valence electrons. The summed E-state index contributed by atoms with van der Waals surface area (Å²) in [5.41, 5.74) is 2.71. The van der Waals surface area contributed by atoms with Crippen LogP contribution in [0.1, 0.15) is 32.8 Å². The Balaban J connectivity index is 2.26. The van der Waals surface area contributed by atoms with Gasteiger partial charge in [0.15, 0.2) is 0 Å². The van der Waals surface area contributed by atoms with E-state index < -0.39 is 0 Å². The number of hydrogen-bond acceptors (Lipinski definition) is 2. The van der Waals surface area contributed by atoms with Crippen molar-refractivity contribution in [3.63, 3.8) is 0 Å². The maximum Gasteiger partial charge on any atom is 0.0410 e. The monoisotopic (exact) mass is 266 g/mol. The van der Waals surface area contributed by atoms with Crippen molar-refractivity contribution in [1.29, 1.82) is 0 Å². The zero-order valence-electron chi connectivity index (χ0n) is 11.8. The van der Waals surface area contributed by atoms with Crippen molar-refractivity contribution in [3.8, 4) is 0 Å². The van der Waals surface area contributed by atoms with Crippen molar-refractivity contribution < 1.29 is 0 Å². The highest BCUT2D eigenvalue weighted by atomic mass is 35.5. The molecule has 1 N–H and O–H groups in total. The molecule has 1 saturated heterocycles. The maximum atomic E-state index is 6.04. The van der Waals surface area contributed by atoms with E-state index in [1.54, 1.807) is 0 Å². The largest absolute Gasteiger partial charge is 0.369 e. The Kier molecular flexibility index (Phi) is 3.88. The Morgan fingerprint density at radius 1 is 1.39 bits per heavy atom. The minimum absolute atomic E-state index is 0.141. The van der Waals surface area contributed by atoms with Gasteiger partial charge >= 0.3 is 0 Å². The standard InChI is InChI=1S/C15H23ClN2/c1-11-9-13(16)5-6-14(11)18-8-7-12(2)17-15(3,4)10-18/h5-6,9,12,17H,7-8,10H2,1-4H3. The summed E-state index contributed by atoms with van der Waals surface area (Å²) in [6.07, 6.45) is 1.17. The van der Waals surface area contributed by atoms with Crippen LogP contribution in [0.15, 0.2) is 18.2 Å². The van der Waals surface area contributed by atoms with E-state index in [1.807, 2.05) is 12.1 Å². The SMILES string of the molecule is Cc1cc(Cl)ccc1N1CCC(C)NC(C)(C)C1. The van der Waals surface area contributed by atoms with Gasteiger partial charge in [0.2, 0.25) is 0 Å². The van der Waals surface area contributed by atoms with Crippen LogP contribution < -0.4 is 10.2 Å². The quantitative estimate of drug-likeness (QED) is 0.835. The average molecular weight is 267 g/mol. The predicted octanol–water partition coefficient (Wildman–Crippen LogP) is 3.62.